The number of benzene rings is 1. The maximum Gasteiger partial charge on any atom is 0.178 e. The summed E-state index contributed by atoms with van der Waals surface area (Å²) in [6.07, 6.45) is 2.65. The summed E-state index contributed by atoms with van der Waals surface area (Å²) in [6, 6.07) is 10.5. The molecule has 2 aromatic rings. The number of carbonyl (C=O) groups is 1. The fraction of sp³-hybridized carbons (Fsp3) is 0.368. The van der Waals surface area contributed by atoms with Crippen molar-refractivity contribution in [2.75, 3.05) is 0 Å². The van der Waals surface area contributed by atoms with Gasteiger partial charge >= 0.3 is 0 Å². The van der Waals surface area contributed by atoms with Crippen LogP contribution in [0.3, 0.4) is 0 Å². The highest BCUT2D eigenvalue weighted by atomic mass is 16.1. The molecule has 0 aliphatic rings. The van der Waals surface area contributed by atoms with Crippen molar-refractivity contribution in [3.63, 3.8) is 0 Å². The summed E-state index contributed by atoms with van der Waals surface area (Å²) in [5, 5.41) is 0. The van der Waals surface area contributed by atoms with E-state index >= 15 is 0 Å². The molecule has 0 aliphatic heterocycles. The van der Waals surface area contributed by atoms with E-state index in [1.54, 1.807) is 12.3 Å². The second-order valence-electron chi connectivity index (χ2n) is 6.68. The first-order valence-electron chi connectivity index (χ1n) is 7.33. The van der Waals surface area contributed by atoms with Crippen LogP contribution in [0, 0.1) is 6.92 Å². The lowest BCUT2D eigenvalue weighted by molar-refractivity contribution is 0.101. The van der Waals surface area contributed by atoms with Gasteiger partial charge in [-0.1, -0.05) is 45.0 Å². The van der Waals surface area contributed by atoms with Crippen LogP contribution in [0.25, 0.3) is 0 Å². The zero-order valence-electron chi connectivity index (χ0n) is 13.5. The molecule has 2 nitrogen and oxygen atoms in total. The summed E-state index contributed by atoms with van der Waals surface area (Å²) in [7, 11) is 0. The molecule has 0 aliphatic carbocycles. The zero-order valence-corrected chi connectivity index (χ0v) is 13.5. The van der Waals surface area contributed by atoms with E-state index in [-0.39, 0.29) is 11.2 Å². The molecule has 1 aromatic carbocycles. The van der Waals surface area contributed by atoms with Gasteiger partial charge in [0.15, 0.2) is 5.78 Å². The van der Waals surface area contributed by atoms with Crippen LogP contribution < -0.4 is 0 Å². The largest absolute Gasteiger partial charge is 0.293 e. The summed E-state index contributed by atoms with van der Waals surface area (Å²) in [5.41, 5.74) is 5.80. The maximum absolute atomic E-state index is 11.2. The van der Waals surface area contributed by atoms with Crippen LogP contribution in [0.1, 0.15) is 60.4 Å². The van der Waals surface area contributed by atoms with Gasteiger partial charge in [-0.2, -0.15) is 0 Å². The van der Waals surface area contributed by atoms with Crippen molar-refractivity contribution in [2.24, 2.45) is 0 Å². The minimum absolute atomic E-state index is 0.00672. The third kappa shape index (κ3) is 3.78. The molecule has 0 saturated carbocycles. The van der Waals surface area contributed by atoms with Gasteiger partial charge in [0, 0.05) is 13.1 Å². The van der Waals surface area contributed by atoms with E-state index in [0.717, 1.165) is 12.0 Å². The van der Waals surface area contributed by atoms with Crippen molar-refractivity contribution in [3.8, 4) is 0 Å². The van der Waals surface area contributed by atoms with Gasteiger partial charge in [0.2, 0.25) is 0 Å². The van der Waals surface area contributed by atoms with Gasteiger partial charge in [0.25, 0.3) is 0 Å². The molecule has 0 radical (unpaired) electrons. The quantitative estimate of drug-likeness (QED) is 0.776. The number of nitrogens with zero attached hydrogens (tertiary/aromatic N) is 1. The van der Waals surface area contributed by atoms with Gasteiger partial charge in [-0.05, 0) is 47.1 Å². The monoisotopic (exact) mass is 281 g/mol. The van der Waals surface area contributed by atoms with E-state index in [9.17, 15) is 4.79 Å². The van der Waals surface area contributed by atoms with E-state index in [0.29, 0.717) is 5.69 Å². The van der Waals surface area contributed by atoms with Crippen LogP contribution in [-0.4, -0.2) is 10.8 Å². The van der Waals surface area contributed by atoms with Crippen molar-refractivity contribution >= 4 is 5.78 Å². The van der Waals surface area contributed by atoms with Gasteiger partial charge in [0.1, 0.15) is 5.69 Å². The molecule has 0 fully saturated rings. The molecule has 0 bridgehead atoms. The SMILES string of the molecule is CC(=O)c1ccc(Cc2ccc(C(C)(C)C)cc2C)cn1. The van der Waals surface area contributed by atoms with Crippen molar-refractivity contribution in [3.05, 3.63) is 64.5 Å². The molecule has 1 aromatic heterocycles. The van der Waals surface area contributed by atoms with E-state index < -0.39 is 0 Å². The minimum Gasteiger partial charge on any atom is -0.293 e. The van der Waals surface area contributed by atoms with Gasteiger partial charge in [-0.15, -0.1) is 0 Å². The number of hydrogen-bond donors (Lipinski definition) is 0. The van der Waals surface area contributed by atoms with E-state index in [4.69, 9.17) is 0 Å². The lowest BCUT2D eigenvalue weighted by Gasteiger charge is -2.20. The summed E-state index contributed by atoms with van der Waals surface area (Å²) in [4.78, 5) is 15.4. The van der Waals surface area contributed by atoms with E-state index in [2.05, 4.69) is 50.9 Å². The topological polar surface area (TPSA) is 30.0 Å². The Morgan fingerprint density at radius 2 is 1.86 bits per heavy atom. The first kappa shape index (κ1) is 15.4. The van der Waals surface area contributed by atoms with Crippen LogP contribution in [0.4, 0.5) is 0 Å². The average molecular weight is 281 g/mol. The number of aromatic nitrogens is 1. The fourth-order valence-electron chi connectivity index (χ4n) is 2.32. The molecule has 21 heavy (non-hydrogen) atoms. The Labute approximate surface area is 127 Å². The maximum atomic E-state index is 11.2. The van der Waals surface area contributed by atoms with Crippen molar-refractivity contribution in [1.29, 1.82) is 0 Å². The van der Waals surface area contributed by atoms with Crippen molar-refractivity contribution in [2.45, 2.75) is 46.5 Å². The zero-order chi connectivity index (χ0) is 15.6. The molecule has 0 unspecified atom stereocenters. The Kier molecular flexibility index (Phi) is 4.26. The second kappa shape index (κ2) is 5.80. The smallest absolute Gasteiger partial charge is 0.178 e. The van der Waals surface area contributed by atoms with Gasteiger partial charge < -0.3 is 0 Å². The average Bonchev–Trinajstić information content (AvgIpc) is 2.40. The standard InChI is InChI=1S/C19H23NO/c1-13-10-17(19(3,4)5)8-7-16(13)11-15-6-9-18(14(2)21)20-12-15/h6-10,12H,11H2,1-5H3. The van der Waals surface area contributed by atoms with Crippen LogP contribution in [0.2, 0.25) is 0 Å². The molecule has 0 saturated heterocycles. The molecule has 110 valence electrons. The van der Waals surface area contributed by atoms with E-state index in [1.807, 2.05) is 6.07 Å². The Morgan fingerprint density at radius 1 is 1.14 bits per heavy atom. The highest BCUT2D eigenvalue weighted by Gasteiger charge is 2.14. The molecule has 1 heterocycles. The number of rotatable bonds is 3. The third-order valence-corrected chi connectivity index (χ3v) is 3.79. The van der Waals surface area contributed by atoms with Gasteiger partial charge in [0.05, 0.1) is 0 Å². The Bertz CT molecular complexity index is 648. The molecule has 2 heteroatoms. The number of carbonyl (C=O) groups excluding carboxylic acids is 1. The molecule has 0 spiro atoms. The van der Waals surface area contributed by atoms with Crippen LogP contribution in [0.5, 0.6) is 0 Å². The molecule has 0 atom stereocenters. The van der Waals surface area contributed by atoms with Crippen LogP contribution in [0.15, 0.2) is 36.5 Å². The molecule has 2 rings (SSSR count). The normalized spacial score (nSPS) is 11.5. The number of hydrogen-bond acceptors (Lipinski definition) is 2. The molecular formula is C19H23NO. The summed E-state index contributed by atoms with van der Waals surface area (Å²) >= 11 is 0. The van der Waals surface area contributed by atoms with Crippen molar-refractivity contribution < 1.29 is 4.79 Å². The number of aryl methyl sites for hydroxylation is 1. The summed E-state index contributed by atoms with van der Waals surface area (Å²) in [6.45, 7) is 10.4. The first-order chi connectivity index (χ1) is 9.77. The predicted octanol–water partition coefficient (Wildman–Crippen LogP) is 4.48. The lowest BCUT2D eigenvalue weighted by atomic mass is 9.85. The number of ketones is 1. The molecular weight excluding hydrogens is 258 g/mol. The highest BCUT2D eigenvalue weighted by Crippen LogP contribution is 2.25. The molecule has 0 amide bonds. The van der Waals surface area contributed by atoms with Gasteiger partial charge in [-0.25, -0.2) is 0 Å². The molecule has 0 N–H and O–H groups in total. The van der Waals surface area contributed by atoms with Crippen molar-refractivity contribution in [1.82, 2.24) is 4.98 Å². The second-order valence-corrected chi connectivity index (χ2v) is 6.68. The lowest BCUT2D eigenvalue weighted by Crippen LogP contribution is -2.11. The third-order valence-electron chi connectivity index (χ3n) is 3.79. The summed E-state index contributed by atoms with van der Waals surface area (Å²) in [5.74, 6) is 0.00672. The van der Waals surface area contributed by atoms with Crippen LogP contribution in [-0.2, 0) is 11.8 Å². The number of pyridine rings is 1. The highest BCUT2D eigenvalue weighted by molar-refractivity contribution is 5.91. The Hall–Kier alpha value is -1.96. The van der Waals surface area contributed by atoms with Gasteiger partial charge in [-0.3, -0.25) is 9.78 Å². The Balaban J connectivity index is 2.22. The summed E-state index contributed by atoms with van der Waals surface area (Å²) < 4.78 is 0. The Morgan fingerprint density at radius 3 is 2.33 bits per heavy atom. The predicted molar refractivity (Wildman–Crippen MR) is 86.9 cm³/mol. The van der Waals surface area contributed by atoms with Crippen LogP contribution >= 0.6 is 0 Å². The fourth-order valence-corrected chi connectivity index (χ4v) is 2.32. The first-order valence-corrected chi connectivity index (χ1v) is 7.33. The minimum atomic E-state index is 0.00672. The van der Waals surface area contributed by atoms with E-state index in [1.165, 1.54) is 23.6 Å². The number of Topliss-reactive ketones (excluding diaryl/α,β-unsaturated/α-hetero) is 1.